The van der Waals surface area contributed by atoms with Crippen molar-refractivity contribution in [3.05, 3.63) is 69.0 Å². The van der Waals surface area contributed by atoms with Crippen molar-refractivity contribution in [1.29, 1.82) is 0 Å². The van der Waals surface area contributed by atoms with Gasteiger partial charge in [0.25, 0.3) is 5.56 Å². The number of aromatic nitrogens is 2. The molecule has 26 heavy (non-hydrogen) atoms. The highest BCUT2D eigenvalue weighted by atomic mass is 16.2. The van der Waals surface area contributed by atoms with Crippen LogP contribution >= 0.6 is 0 Å². The molecule has 1 aliphatic rings. The zero-order chi connectivity index (χ0) is 18.5. The first kappa shape index (κ1) is 18.1. The molecule has 3 rings (SSSR count). The maximum Gasteiger partial charge on any atom is 0.331 e. The van der Waals surface area contributed by atoms with Crippen LogP contribution in [0.1, 0.15) is 25.3 Å². The number of benzene rings is 1. The first-order valence-corrected chi connectivity index (χ1v) is 8.91. The minimum absolute atomic E-state index is 0.0159. The predicted molar refractivity (Wildman–Crippen MR) is 99.1 cm³/mol. The molecule has 1 saturated heterocycles. The van der Waals surface area contributed by atoms with Gasteiger partial charge in [-0.3, -0.25) is 18.7 Å². The molecule has 1 aromatic heterocycles. The third kappa shape index (κ3) is 4.29. The van der Waals surface area contributed by atoms with Gasteiger partial charge >= 0.3 is 5.69 Å². The first-order valence-electron chi connectivity index (χ1n) is 8.91. The van der Waals surface area contributed by atoms with Gasteiger partial charge in [0.05, 0.1) is 6.54 Å². The topological polar surface area (TPSA) is 85.1 Å². The second-order valence-corrected chi connectivity index (χ2v) is 6.70. The quantitative estimate of drug-likeness (QED) is 0.808. The fraction of sp³-hybridized carbons (Fsp3) is 0.421. The number of amides is 1. The lowest BCUT2D eigenvalue weighted by Gasteiger charge is -2.30. The Hall–Kier alpha value is -2.67. The van der Waals surface area contributed by atoms with Gasteiger partial charge in [-0.2, -0.15) is 0 Å². The number of carbonyl (C=O) groups excluding carboxylic acids is 1. The van der Waals surface area contributed by atoms with E-state index >= 15 is 0 Å². The highest BCUT2D eigenvalue weighted by molar-refractivity contribution is 5.76. The number of piperidine rings is 1. The summed E-state index contributed by atoms with van der Waals surface area (Å²) < 4.78 is 2.42. The van der Waals surface area contributed by atoms with Crippen molar-refractivity contribution in [3.63, 3.8) is 0 Å². The van der Waals surface area contributed by atoms with E-state index in [9.17, 15) is 14.4 Å². The van der Waals surface area contributed by atoms with Crippen molar-refractivity contribution < 1.29 is 4.79 Å². The van der Waals surface area contributed by atoms with Crippen molar-refractivity contribution in [2.75, 3.05) is 6.54 Å². The Labute approximate surface area is 151 Å². The molecule has 2 N–H and O–H groups in total. The van der Waals surface area contributed by atoms with E-state index in [0.29, 0.717) is 6.54 Å². The van der Waals surface area contributed by atoms with Crippen LogP contribution in [0.15, 0.2) is 52.2 Å². The maximum absolute atomic E-state index is 12.6. The van der Waals surface area contributed by atoms with Crippen LogP contribution in [0.5, 0.6) is 0 Å². The number of hydrogen-bond acceptors (Lipinski definition) is 4. The standard InChI is InChI=1S/C19H24N4O3/c1-14-16(8-5-10-20-14)21-17(24)13-23-18(25)9-11-22(19(23)26)12-15-6-3-2-4-7-15/h2-4,6-7,9,11,14,16,20H,5,8,10,12-13H2,1H3,(H,21,24). The Morgan fingerprint density at radius 3 is 2.73 bits per heavy atom. The van der Waals surface area contributed by atoms with Gasteiger partial charge in [-0.25, -0.2) is 4.79 Å². The molecule has 1 aromatic carbocycles. The van der Waals surface area contributed by atoms with Crippen LogP contribution in [0, 0.1) is 0 Å². The molecule has 2 heterocycles. The molecular formula is C19H24N4O3. The first-order chi connectivity index (χ1) is 12.5. The molecule has 0 radical (unpaired) electrons. The summed E-state index contributed by atoms with van der Waals surface area (Å²) in [5.41, 5.74) is 0.00181. The van der Waals surface area contributed by atoms with E-state index in [1.165, 1.54) is 16.8 Å². The minimum Gasteiger partial charge on any atom is -0.350 e. The summed E-state index contributed by atoms with van der Waals surface area (Å²) in [6, 6.07) is 11.0. The number of rotatable bonds is 5. The molecule has 0 aliphatic carbocycles. The summed E-state index contributed by atoms with van der Waals surface area (Å²) in [7, 11) is 0. The second-order valence-electron chi connectivity index (χ2n) is 6.70. The lowest BCUT2D eigenvalue weighted by Crippen LogP contribution is -2.53. The van der Waals surface area contributed by atoms with E-state index in [4.69, 9.17) is 0 Å². The molecule has 1 aliphatic heterocycles. The van der Waals surface area contributed by atoms with E-state index in [0.717, 1.165) is 29.5 Å². The van der Waals surface area contributed by atoms with Crippen LogP contribution in [-0.4, -0.2) is 33.7 Å². The summed E-state index contributed by atoms with van der Waals surface area (Å²) in [5, 5.41) is 6.24. The predicted octanol–water partition coefficient (Wildman–Crippen LogP) is 0.315. The second kappa shape index (κ2) is 8.14. The Bertz CT molecular complexity index is 872. The van der Waals surface area contributed by atoms with Gasteiger partial charge in [-0.15, -0.1) is 0 Å². The van der Waals surface area contributed by atoms with E-state index in [2.05, 4.69) is 10.6 Å². The van der Waals surface area contributed by atoms with E-state index in [1.807, 2.05) is 37.3 Å². The molecule has 0 spiro atoms. The lowest BCUT2D eigenvalue weighted by atomic mass is 10.00. The summed E-state index contributed by atoms with van der Waals surface area (Å²) in [6.07, 6.45) is 3.35. The maximum atomic E-state index is 12.6. The fourth-order valence-corrected chi connectivity index (χ4v) is 3.24. The summed E-state index contributed by atoms with van der Waals surface area (Å²) in [5.74, 6) is -0.317. The van der Waals surface area contributed by atoms with Gasteiger partial charge in [0.2, 0.25) is 5.91 Å². The molecule has 138 valence electrons. The van der Waals surface area contributed by atoms with Crippen molar-refractivity contribution in [1.82, 2.24) is 19.8 Å². The van der Waals surface area contributed by atoms with Crippen molar-refractivity contribution in [2.24, 2.45) is 0 Å². The van der Waals surface area contributed by atoms with Gasteiger partial charge in [0, 0.05) is 24.3 Å². The van der Waals surface area contributed by atoms with E-state index in [1.54, 1.807) is 0 Å². The summed E-state index contributed by atoms with van der Waals surface area (Å²) >= 11 is 0. The molecule has 2 aromatic rings. The number of hydrogen-bond donors (Lipinski definition) is 2. The van der Waals surface area contributed by atoms with Crippen LogP contribution in [-0.2, 0) is 17.9 Å². The van der Waals surface area contributed by atoms with Crippen LogP contribution in [0.25, 0.3) is 0 Å². The lowest BCUT2D eigenvalue weighted by molar-refractivity contribution is -0.122. The van der Waals surface area contributed by atoms with Gasteiger partial charge in [0.1, 0.15) is 6.54 Å². The van der Waals surface area contributed by atoms with Crippen LogP contribution < -0.4 is 21.9 Å². The summed E-state index contributed by atoms with van der Waals surface area (Å²) in [6.45, 7) is 3.04. The van der Waals surface area contributed by atoms with Gasteiger partial charge in [-0.05, 0) is 31.9 Å². The minimum atomic E-state index is -0.480. The van der Waals surface area contributed by atoms with E-state index < -0.39 is 11.2 Å². The largest absolute Gasteiger partial charge is 0.350 e. The summed E-state index contributed by atoms with van der Waals surface area (Å²) in [4.78, 5) is 37.1. The van der Waals surface area contributed by atoms with Gasteiger partial charge in [-0.1, -0.05) is 30.3 Å². The zero-order valence-electron chi connectivity index (χ0n) is 14.9. The highest BCUT2D eigenvalue weighted by Crippen LogP contribution is 2.07. The average molecular weight is 356 g/mol. The number of nitrogens with zero attached hydrogens (tertiary/aromatic N) is 2. The zero-order valence-corrected chi connectivity index (χ0v) is 14.9. The normalized spacial score (nSPS) is 19.9. The Morgan fingerprint density at radius 1 is 1.23 bits per heavy atom. The highest BCUT2D eigenvalue weighted by Gasteiger charge is 2.22. The Morgan fingerprint density at radius 2 is 2.00 bits per heavy atom. The van der Waals surface area contributed by atoms with Gasteiger partial charge in [0.15, 0.2) is 0 Å². The third-order valence-corrected chi connectivity index (χ3v) is 4.75. The SMILES string of the molecule is CC1NCCCC1NC(=O)Cn1c(=O)ccn(Cc2ccccc2)c1=O. The average Bonchev–Trinajstić information content (AvgIpc) is 2.64. The molecule has 7 nitrogen and oxygen atoms in total. The smallest absolute Gasteiger partial charge is 0.331 e. The third-order valence-electron chi connectivity index (χ3n) is 4.75. The fourth-order valence-electron chi connectivity index (χ4n) is 3.24. The Kier molecular flexibility index (Phi) is 5.68. The molecule has 2 atom stereocenters. The van der Waals surface area contributed by atoms with Crippen LogP contribution in [0.2, 0.25) is 0 Å². The molecule has 7 heteroatoms. The van der Waals surface area contributed by atoms with Crippen molar-refractivity contribution in [3.8, 4) is 0 Å². The Balaban J connectivity index is 1.75. The molecule has 1 fully saturated rings. The number of nitrogens with one attached hydrogen (secondary N) is 2. The molecule has 0 saturated carbocycles. The number of carbonyl (C=O) groups is 1. The van der Waals surface area contributed by atoms with Crippen LogP contribution in [0.3, 0.4) is 0 Å². The monoisotopic (exact) mass is 356 g/mol. The van der Waals surface area contributed by atoms with E-state index in [-0.39, 0.29) is 24.5 Å². The molecule has 1 amide bonds. The molecule has 0 bridgehead atoms. The molecular weight excluding hydrogens is 332 g/mol. The molecule has 2 unspecified atom stereocenters. The van der Waals surface area contributed by atoms with Crippen LogP contribution in [0.4, 0.5) is 0 Å². The van der Waals surface area contributed by atoms with Crippen molar-refractivity contribution >= 4 is 5.91 Å². The van der Waals surface area contributed by atoms with Gasteiger partial charge < -0.3 is 10.6 Å². The van der Waals surface area contributed by atoms with Crippen molar-refractivity contribution in [2.45, 2.75) is 44.9 Å².